The molecule has 130 valence electrons. The number of carbonyl (C=O) groups is 1. The van der Waals surface area contributed by atoms with Gasteiger partial charge < -0.3 is 45.6 Å². The number of Topliss-reactive ketones (excluding diaryl/α,β-unsaturated/α-hetero) is 1. The summed E-state index contributed by atoms with van der Waals surface area (Å²) in [4.78, 5) is 12.0. The second-order valence-corrected chi connectivity index (χ2v) is 5.32. The number of aliphatic hydroxyl groups excluding tert-OH is 8. The van der Waals surface area contributed by atoms with Crippen molar-refractivity contribution in [1.29, 1.82) is 0 Å². The van der Waals surface area contributed by atoms with Gasteiger partial charge in [-0.15, -0.1) is 0 Å². The number of carbonyl (C=O) groups excluding carboxylic acids is 1. The van der Waals surface area contributed by atoms with E-state index in [1.165, 1.54) is 0 Å². The maximum atomic E-state index is 12.0. The summed E-state index contributed by atoms with van der Waals surface area (Å²) >= 11 is 0. The Morgan fingerprint density at radius 1 is 1.00 bits per heavy atom. The highest BCUT2D eigenvalue weighted by molar-refractivity contribution is 5.88. The van der Waals surface area contributed by atoms with Crippen LogP contribution in [0.5, 0.6) is 0 Å². The van der Waals surface area contributed by atoms with E-state index in [2.05, 4.69) is 0 Å². The van der Waals surface area contributed by atoms with E-state index in [-0.39, 0.29) is 0 Å². The van der Waals surface area contributed by atoms with Crippen LogP contribution < -0.4 is 0 Å². The Balaban J connectivity index is 2.86. The fraction of sp³-hybridized carbons (Fsp3) is 0.917. The van der Waals surface area contributed by atoms with Crippen molar-refractivity contribution in [3.05, 3.63) is 0 Å². The van der Waals surface area contributed by atoms with Gasteiger partial charge in [0.1, 0.15) is 48.8 Å². The van der Waals surface area contributed by atoms with Gasteiger partial charge in [0.05, 0.1) is 12.7 Å². The Morgan fingerprint density at radius 2 is 1.55 bits per heavy atom. The minimum atomic E-state index is -2.22. The third-order valence-corrected chi connectivity index (χ3v) is 3.63. The van der Waals surface area contributed by atoms with Gasteiger partial charge in [0, 0.05) is 0 Å². The zero-order chi connectivity index (χ0) is 17.2. The fourth-order valence-electron chi connectivity index (χ4n) is 2.15. The number of hydrogen-bond acceptors (Lipinski definition) is 10. The van der Waals surface area contributed by atoms with Gasteiger partial charge in [0.2, 0.25) is 0 Å². The van der Waals surface area contributed by atoms with E-state index in [1.807, 2.05) is 0 Å². The summed E-state index contributed by atoms with van der Waals surface area (Å²) in [6.45, 7) is 0.364. The monoisotopic (exact) mass is 326 g/mol. The average molecular weight is 326 g/mol. The minimum Gasteiger partial charge on any atom is -0.394 e. The van der Waals surface area contributed by atoms with Crippen molar-refractivity contribution in [2.75, 3.05) is 6.61 Å². The topological polar surface area (TPSA) is 188 Å². The number of hydrogen-bond donors (Lipinski definition) is 8. The minimum absolute atomic E-state index is 0.760. The van der Waals surface area contributed by atoms with Crippen LogP contribution in [0.15, 0.2) is 0 Å². The summed E-state index contributed by atoms with van der Waals surface area (Å²) in [5, 5.41) is 75.7. The molecule has 1 aliphatic rings. The molecule has 1 aliphatic heterocycles. The first-order chi connectivity index (χ1) is 10.1. The highest BCUT2D eigenvalue weighted by Crippen LogP contribution is 2.23. The first-order valence-corrected chi connectivity index (χ1v) is 6.70. The lowest BCUT2D eigenvalue weighted by molar-refractivity contribution is -0.231. The van der Waals surface area contributed by atoms with Crippen LogP contribution in [0, 0.1) is 0 Å². The van der Waals surface area contributed by atoms with Gasteiger partial charge in [-0.3, -0.25) is 4.79 Å². The third-order valence-electron chi connectivity index (χ3n) is 3.63. The lowest BCUT2D eigenvalue weighted by Crippen LogP contribution is -2.63. The molecule has 0 radical (unpaired) electrons. The van der Waals surface area contributed by atoms with Gasteiger partial charge in [-0.05, 0) is 6.92 Å². The molecule has 0 aliphatic carbocycles. The number of ketones is 1. The van der Waals surface area contributed by atoms with E-state index >= 15 is 0 Å². The van der Waals surface area contributed by atoms with Crippen molar-refractivity contribution in [3.63, 3.8) is 0 Å². The van der Waals surface area contributed by atoms with E-state index in [0.29, 0.717) is 0 Å². The second-order valence-electron chi connectivity index (χ2n) is 5.32. The van der Waals surface area contributed by atoms with Crippen molar-refractivity contribution < 1.29 is 50.4 Å². The number of rotatable bonds is 6. The van der Waals surface area contributed by atoms with Crippen molar-refractivity contribution in [3.8, 4) is 0 Å². The molecule has 0 bridgehead atoms. The molecule has 1 saturated heterocycles. The lowest BCUT2D eigenvalue weighted by atomic mass is 9.89. The van der Waals surface area contributed by atoms with Gasteiger partial charge in [-0.1, -0.05) is 0 Å². The maximum absolute atomic E-state index is 12.0. The Labute approximate surface area is 125 Å². The Morgan fingerprint density at radius 3 is 2.00 bits per heavy atom. The fourth-order valence-corrected chi connectivity index (χ4v) is 2.15. The molecule has 0 aromatic carbocycles. The molecule has 8 N–H and O–H groups in total. The van der Waals surface area contributed by atoms with Gasteiger partial charge in [-0.25, -0.2) is 0 Å². The van der Waals surface area contributed by atoms with E-state index in [0.717, 1.165) is 6.92 Å². The molecule has 0 amide bonds. The maximum Gasteiger partial charge on any atom is 0.195 e. The largest absolute Gasteiger partial charge is 0.394 e. The first kappa shape index (κ1) is 19.4. The molecule has 0 aromatic rings. The van der Waals surface area contributed by atoms with Crippen molar-refractivity contribution in [2.45, 2.75) is 61.9 Å². The van der Waals surface area contributed by atoms with E-state index in [1.54, 1.807) is 0 Å². The van der Waals surface area contributed by atoms with Crippen molar-refractivity contribution in [1.82, 2.24) is 0 Å². The van der Waals surface area contributed by atoms with Gasteiger partial charge in [-0.2, -0.15) is 0 Å². The molecule has 1 heterocycles. The molecule has 9 atom stereocenters. The summed E-state index contributed by atoms with van der Waals surface area (Å²) in [5.74, 6) is -1.27. The molecule has 0 aromatic heterocycles. The van der Waals surface area contributed by atoms with Crippen LogP contribution in [-0.4, -0.2) is 108 Å². The highest BCUT2D eigenvalue weighted by Gasteiger charge is 2.49. The standard InChI is InChI=1S/C12H22O10/c1-3(14)5(15)7(17)9(19)11(21)12-10(20)8(18)6(16)4(2-13)22-12/h3-10,12-20H,2H2,1H3/t3-,4-,5+,6+,7+,8+,9-,10-,12?/m1/s1. The third kappa shape index (κ3) is 3.79. The Kier molecular flexibility index (Phi) is 6.80. The second kappa shape index (κ2) is 7.73. The molecule has 1 fully saturated rings. The first-order valence-electron chi connectivity index (χ1n) is 6.70. The molecule has 1 rings (SSSR count). The van der Waals surface area contributed by atoms with Crippen molar-refractivity contribution >= 4 is 5.78 Å². The quantitative estimate of drug-likeness (QED) is 0.234. The molecule has 22 heavy (non-hydrogen) atoms. The summed E-state index contributed by atoms with van der Waals surface area (Å²) in [7, 11) is 0. The van der Waals surface area contributed by atoms with Gasteiger partial charge >= 0.3 is 0 Å². The normalized spacial score (nSPS) is 38.1. The van der Waals surface area contributed by atoms with Crippen LogP contribution in [0.3, 0.4) is 0 Å². The molecule has 10 heteroatoms. The molecular formula is C12H22O10. The van der Waals surface area contributed by atoms with Crippen molar-refractivity contribution in [2.24, 2.45) is 0 Å². The molecule has 1 unspecified atom stereocenters. The van der Waals surface area contributed by atoms with Gasteiger partial charge in [0.15, 0.2) is 5.78 Å². The molecule has 10 nitrogen and oxygen atoms in total. The van der Waals surface area contributed by atoms with Crippen LogP contribution >= 0.6 is 0 Å². The summed E-state index contributed by atoms with van der Waals surface area (Å²) in [5.41, 5.74) is 0. The smallest absolute Gasteiger partial charge is 0.195 e. The van der Waals surface area contributed by atoms with Crippen LogP contribution in [0.25, 0.3) is 0 Å². The highest BCUT2D eigenvalue weighted by atomic mass is 16.5. The van der Waals surface area contributed by atoms with Crippen LogP contribution in [0.1, 0.15) is 6.92 Å². The molecule has 0 saturated carbocycles. The predicted octanol–water partition coefficient (Wildman–Crippen LogP) is -5.14. The van der Waals surface area contributed by atoms with Crippen LogP contribution in [-0.2, 0) is 9.53 Å². The van der Waals surface area contributed by atoms with E-state index in [9.17, 15) is 35.4 Å². The lowest BCUT2D eigenvalue weighted by Gasteiger charge is -2.40. The molecular weight excluding hydrogens is 304 g/mol. The summed E-state index contributed by atoms with van der Waals surface area (Å²) in [6.07, 6.45) is -16.1. The summed E-state index contributed by atoms with van der Waals surface area (Å²) in [6, 6.07) is 0. The zero-order valence-electron chi connectivity index (χ0n) is 11.8. The Bertz CT molecular complexity index is 373. The number of ether oxygens (including phenoxy) is 1. The zero-order valence-corrected chi connectivity index (χ0v) is 11.8. The Hall–Kier alpha value is -0.690. The number of aliphatic hydroxyl groups is 8. The SMILES string of the molecule is C[C@@H](O)[C@H](O)[C@H](O)[C@@H](O)C(=O)C1O[C@H](CO)[C@H](O)[C@H](O)[C@H]1O. The van der Waals surface area contributed by atoms with Crippen LogP contribution in [0.4, 0.5) is 0 Å². The predicted molar refractivity (Wildman–Crippen MR) is 68.5 cm³/mol. The molecule has 0 spiro atoms. The van der Waals surface area contributed by atoms with Crippen LogP contribution in [0.2, 0.25) is 0 Å². The van der Waals surface area contributed by atoms with Gasteiger partial charge in [0.25, 0.3) is 0 Å². The van der Waals surface area contributed by atoms with E-state index < -0.39 is 67.3 Å². The van der Waals surface area contributed by atoms with E-state index in [4.69, 9.17) is 14.9 Å². The summed E-state index contributed by atoms with van der Waals surface area (Å²) < 4.78 is 4.93. The average Bonchev–Trinajstić information content (AvgIpc) is 2.50.